The van der Waals surface area contributed by atoms with E-state index in [1.807, 2.05) is 36.2 Å². The van der Waals surface area contributed by atoms with Gasteiger partial charge in [-0.2, -0.15) is 0 Å². The minimum atomic E-state index is -0.824. The number of aryl methyl sites for hydroxylation is 1. The molecule has 3 amide bonds. The van der Waals surface area contributed by atoms with Crippen LogP contribution in [0.1, 0.15) is 64.0 Å². The predicted octanol–water partition coefficient (Wildman–Crippen LogP) is 2.97. The molecule has 1 N–H and O–H groups in total. The van der Waals surface area contributed by atoms with E-state index in [1.165, 1.54) is 5.56 Å². The minimum Gasteiger partial charge on any atom is -0.342 e. The van der Waals surface area contributed by atoms with E-state index in [2.05, 4.69) is 49.8 Å². The number of carbonyl (C=O) groups is 3. The van der Waals surface area contributed by atoms with E-state index >= 15 is 0 Å². The summed E-state index contributed by atoms with van der Waals surface area (Å²) in [6.07, 6.45) is 8.82. The molecule has 4 aromatic rings. The number of nitrogens with one attached hydrogen (secondary N) is 1. The zero-order valence-corrected chi connectivity index (χ0v) is 28.7. The Labute approximate surface area is 290 Å². The van der Waals surface area contributed by atoms with Gasteiger partial charge in [0.05, 0.1) is 35.9 Å². The summed E-state index contributed by atoms with van der Waals surface area (Å²) in [5, 5.41) is 12.7. The summed E-state index contributed by atoms with van der Waals surface area (Å²) >= 11 is 1.66. The van der Waals surface area contributed by atoms with Crippen LogP contribution in [-0.2, 0) is 40.3 Å². The Bertz CT molecular complexity index is 1750. The van der Waals surface area contributed by atoms with Crippen molar-refractivity contribution in [1.82, 2.24) is 45.0 Å². The Kier molecular flexibility index (Phi) is 10.1. The average Bonchev–Trinajstić information content (AvgIpc) is 3.72. The smallest absolute Gasteiger partial charge is 0.245 e. The number of carbonyl (C=O) groups excluding carboxylic acids is 3. The molecule has 12 nitrogen and oxygen atoms in total. The van der Waals surface area contributed by atoms with Crippen LogP contribution in [0.4, 0.5) is 0 Å². The molecule has 256 valence electrons. The first-order valence-corrected chi connectivity index (χ1v) is 18.1. The largest absolute Gasteiger partial charge is 0.342 e. The van der Waals surface area contributed by atoms with Crippen molar-refractivity contribution in [3.05, 3.63) is 93.5 Å². The topological polar surface area (TPSA) is 129 Å². The number of hydrogen-bond donors (Lipinski definition) is 1. The second-order valence-electron chi connectivity index (χ2n) is 13.4. The molecule has 3 aromatic heterocycles. The van der Waals surface area contributed by atoms with Gasteiger partial charge in [0, 0.05) is 74.6 Å². The van der Waals surface area contributed by atoms with Crippen molar-refractivity contribution < 1.29 is 14.4 Å². The number of thiazole rings is 1. The molecule has 7 heterocycles. The van der Waals surface area contributed by atoms with Crippen molar-refractivity contribution in [2.24, 2.45) is 0 Å². The number of hydrogen-bond acceptors (Lipinski definition) is 9. The van der Waals surface area contributed by atoms with E-state index in [0.717, 1.165) is 66.5 Å². The van der Waals surface area contributed by atoms with Crippen LogP contribution in [0.25, 0.3) is 0 Å². The molecule has 4 bridgehead atoms. The number of likely N-dealkylation sites (tertiary alicyclic amines) is 1. The van der Waals surface area contributed by atoms with Crippen molar-refractivity contribution in [2.45, 2.75) is 76.5 Å². The molecule has 1 aromatic carbocycles. The highest BCUT2D eigenvalue weighted by atomic mass is 32.1. The zero-order valence-electron chi connectivity index (χ0n) is 27.9. The van der Waals surface area contributed by atoms with Crippen LogP contribution in [0, 0.1) is 6.92 Å². The van der Waals surface area contributed by atoms with E-state index < -0.39 is 6.04 Å². The van der Waals surface area contributed by atoms with Gasteiger partial charge < -0.3 is 15.1 Å². The highest BCUT2D eigenvalue weighted by Crippen LogP contribution is 2.33. The Hall–Kier alpha value is -4.49. The van der Waals surface area contributed by atoms with Crippen LogP contribution in [0.15, 0.2) is 61.1 Å². The normalized spacial score (nSPS) is 21.4. The van der Waals surface area contributed by atoms with E-state index in [-0.39, 0.29) is 49.1 Å². The monoisotopic (exact) mass is 681 g/mol. The summed E-state index contributed by atoms with van der Waals surface area (Å²) in [6.45, 7) is 6.11. The third kappa shape index (κ3) is 8.05. The zero-order chi connectivity index (χ0) is 33.7. The summed E-state index contributed by atoms with van der Waals surface area (Å²) in [5.41, 5.74) is 3.66. The molecule has 0 spiro atoms. The van der Waals surface area contributed by atoms with Gasteiger partial charge in [-0.15, -0.1) is 16.4 Å². The molecular weight excluding hydrogens is 639 g/mol. The van der Waals surface area contributed by atoms with Gasteiger partial charge in [-0.1, -0.05) is 41.6 Å². The molecule has 0 saturated carbocycles. The molecule has 13 heteroatoms. The van der Waals surface area contributed by atoms with Gasteiger partial charge in [0.2, 0.25) is 17.7 Å². The summed E-state index contributed by atoms with van der Waals surface area (Å²) in [4.78, 5) is 58.2. The third-order valence-electron chi connectivity index (χ3n) is 9.96. The highest BCUT2D eigenvalue weighted by Gasteiger charge is 2.35. The molecule has 1 atom stereocenters. The fourth-order valence-corrected chi connectivity index (χ4v) is 8.35. The Balaban J connectivity index is 1.10. The highest BCUT2D eigenvalue weighted by molar-refractivity contribution is 7.11. The van der Waals surface area contributed by atoms with E-state index in [4.69, 9.17) is 4.98 Å². The first-order chi connectivity index (χ1) is 23.9. The first kappa shape index (κ1) is 33.0. The van der Waals surface area contributed by atoms with Crippen molar-refractivity contribution in [2.75, 3.05) is 32.7 Å². The lowest BCUT2D eigenvalue weighted by Crippen LogP contribution is -2.55. The number of fused-ring (bicyclic) bond motifs is 9. The molecule has 0 radical (unpaired) electrons. The lowest BCUT2D eigenvalue weighted by atomic mass is 9.96. The fourth-order valence-electron chi connectivity index (χ4n) is 7.24. The SMILES string of the molecule is Cc1sc2nc1CC(=O)N(C1CCN(Cc3ccccc3)CC1)CC(=O)N[C@H](Cc1cn(Cc3cccnc3)nn1)C(=O)N1CCC2CC1. The van der Waals surface area contributed by atoms with Gasteiger partial charge >= 0.3 is 0 Å². The van der Waals surface area contributed by atoms with Crippen LogP contribution < -0.4 is 5.32 Å². The number of rotatable bonds is 7. The summed E-state index contributed by atoms with van der Waals surface area (Å²) < 4.78 is 1.71. The lowest BCUT2D eigenvalue weighted by Gasteiger charge is -2.38. The maximum Gasteiger partial charge on any atom is 0.245 e. The number of aromatic nitrogens is 5. The maximum atomic E-state index is 14.1. The Morgan fingerprint density at radius 3 is 2.45 bits per heavy atom. The van der Waals surface area contributed by atoms with Crippen molar-refractivity contribution >= 4 is 29.1 Å². The summed E-state index contributed by atoms with van der Waals surface area (Å²) in [7, 11) is 0. The van der Waals surface area contributed by atoms with E-state index in [0.29, 0.717) is 25.3 Å². The van der Waals surface area contributed by atoms with Crippen molar-refractivity contribution in [3.8, 4) is 0 Å². The quantitative estimate of drug-likeness (QED) is 0.316. The lowest BCUT2D eigenvalue weighted by molar-refractivity contribution is -0.141. The molecule has 8 rings (SSSR count). The summed E-state index contributed by atoms with van der Waals surface area (Å²) in [6, 6.07) is 13.3. The number of piperidine rings is 2. The van der Waals surface area contributed by atoms with Gasteiger partial charge in [-0.05, 0) is 49.8 Å². The van der Waals surface area contributed by atoms with E-state index in [9.17, 15) is 14.4 Å². The molecule has 2 fully saturated rings. The number of pyridine rings is 1. The molecule has 0 aliphatic carbocycles. The molecule has 2 saturated heterocycles. The van der Waals surface area contributed by atoms with Crippen LogP contribution >= 0.6 is 11.3 Å². The second kappa shape index (κ2) is 15.0. The number of benzene rings is 1. The van der Waals surface area contributed by atoms with Gasteiger partial charge in [-0.3, -0.25) is 24.3 Å². The van der Waals surface area contributed by atoms with E-state index in [1.54, 1.807) is 33.3 Å². The number of amides is 3. The van der Waals surface area contributed by atoms with Gasteiger partial charge in [0.1, 0.15) is 6.04 Å². The summed E-state index contributed by atoms with van der Waals surface area (Å²) in [5.74, 6) is -0.332. The maximum absolute atomic E-state index is 14.1. The molecule has 4 aliphatic rings. The van der Waals surface area contributed by atoms with Gasteiger partial charge in [-0.25, -0.2) is 9.67 Å². The molecule has 4 aliphatic heterocycles. The Morgan fingerprint density at radius 1 is 0.918 bits per heavy atom. The third-order valence-corrected chi connectivity index (χ3v) is 11.1. The number of nitrogens with zero attached hydrogens (tertiary/aromatic N) is 8. The predicted molar refractivity (Wildman–Crippen MR) is 185 cm³/mol. The van der Waals surface area contributed by atoms with Crippen molar-refractivity contribution in [1.29, 1.82) is 0 Å². The van der Waals surface area contributed by atoms with Crippen LogP contribution in [0.2, 0.25) is 0 Å². The first-order valence-electron chi connectivity index (χ1n) is 17.3. The second-order valence-corrected chi connectivity index (χ2v) is 14.7. The minimum absolute atomic E-state index is 0.0826. The van der Waals surface area contributed by atoms with Gasteiger partial charge in [0.25, 0.3) is 0 Å². The average molecular weight is 682 g/mol. The van der Waals surface area contributed by atoms with Gasteiger partial charge in [0.15, 0.2) is 0 Å². The molecule has 49 heavy (non-hydrogen) atoms. The van der Waals surface area contributed by atoms with Crippen LogP contribution in [0.5, 0.6) is 0 Å². The fraction of sp³-hybridized carbons (Fsp3) is 0.472. The molecule has 0 unspecified atom stereocenters. The standard InChI is InChI=1S/C36H43N9O3S/c1-25-31-19-34(47)45(30-11-14-42(15-12-30)21-26-6-3-2-4-7-26)24-33(46)38-32(36(48)43-16-9-28(10-17-43)35(39-31)49-25)18-29-23-44(41-40-29)22-27-8-5-13-37-20-27/h2-8,13,20,23,28,30,32H,9-12,14-19,21-22,24H2,1H3,(H,38,46)/t32-/m1/s1. The Morgan fingerprint density at radius 2 is 1.69 bits per heavy atom. The van der Waals surface area contributed by atoms with Crippen LogP contribution in [-0.4, -0.2) is 102 Å². The molecular formula is C36H43N9O3S. The van der Waals surface area contributed by atoms with Crippen molar-refractivity contribution in [3.63, 3.8) is 0 Å². The van der Waals surface area contributed by atoms with Crippen LogP contribution in [0.3, 0.4) is 0 Å².